The number of carbonyl (C=O) groups is 1. The molecule has 5 nitrogen and oxygen atoms in total. The van der Waals surface area contributed by atoms with Crippen LogP contribution < -0.4 is 5.73 Å². The van der Waals surface area contributed by atoms with Crippen LogP contribution in [0.4, 0.5) is 0 Å². The van der Waals surface area contributed by atoms with Gasteiger partial charge in [-0.25, -0.2) is 0 Å². The first-order valence-electron chi connectivity index (χ1n) is 5.90. The first kappa shape index (κ1) is 13.4. The summed E-state index contributed by atoms with van der Waals surface area (Å²) in [5, 5.41) is 0. The number of hydrogen-bond acceptors (Lipinski definition) is 4. The van der Waals surface area contributed by atoms with Gasteiger partial charge < -0.3 is 15.5 Å². The molecular weight excluding hydrogens is 204 g/mol. The molecule has 1 fully saturated rings. The van der Waals surface area contributed by atoms with Crippen LogP contribution in [0.1, 0.15) is 6.42 Å². The van der Waals surface area contributed by atoms with E-state index in [9.17, 15) is 4.79 Å². The van der Waals surface area contributed by atoms with Crippen molar-refractivity contribution in [3.8, 4) is 0 Å². The third-order valence-corrected chi connectivity index (χ3v) is 3.10. The maximum atomic E-state index is 12.0. The van der Waals surface area contributed by atoms with E-state index >= 15 is 0 Å². The van der Waals surface area contributed by atoms with E-state index in [0.29, 0.717) is 6.54 Å². The highest BCUT2D eigenvalue weighted by Crippen LogP contribution is 2.09. The lowest BCUT2D eigenvalue weighted by molar-refractivity contribution is -0.133. The van der Waals surface area contributed by atoms with Crippen molar-refractivity contribution in [3.63, 3.8) is 0 Å². The molecule has 0 aliphatic carbocycles. The van der Waals surface area contributed by atoms with E-state index < -0.39 is 0 Å². The minimum absolute atomic E-state index is 0.132. The second-order valence-corrected chi connectivity index (χ2v) is 4.70. The summed E-state index contributed by atoms with van der Waals surface area (Å²) in [6.45, 7) is 4.10. The van der Waals surface area contributed by atoms with E-state index in [1.54, 1.807) is 4.90 Å². The number of nitrogens with two attached hydrogens (primary N) is 1. The molecule has 0 aromatic rings. The zero-order chi connectivity index (χ0) is 12.1. The molecule has 94 valence electrons. The molecule has 2 N–H and O–H groups in total. The van der Waals surface area contributed by atoms with E-state index in [0.717, 1.165) is 32.6 Å². The zero-order valence-electron chi connectivity index (χ0n) is 10.6. The van der Waals surface area contributed by atoms with Gasteiger partial charge in [0.1, 0.15) is 6.04 Å². The molecule has 1 aliphatic rings. The van der Waals surface area contributed by atoms with Crippen LogP contribution in [0.2, 0.25) is 0 Å². The van der Waals surface area contributed by atoms with E-state index in [4.69, 9.17) is 5.73 Å². The van der Waals surface area contributed by atoms with Crippen LogP contribution in [0.5, 0.6) is 0 Å². The monoisotopic (exact) mass is 228 g/mol. The number of nitrogens with zero attached hydrogens (tertiary/aromatic N) is 3. The summed E-state index contributed by atoms with van der Waals surface area (Å²) in [5.74, 6) is 0.166. The van der Waals surface area contributed by atoms with Gasteiger partial charge in [-0.1, -0.05) is 0 Å². The first-order chi connectivity index (χ1) is 7.56. The van der Waals surface area contributed by atoms with Crippen molar-refractivity contribution in [2.45, 2.75) is 12.5 Å². The van der Waals surface area contributed by atoms with E-state index in [1.807, 2.05) is 21.1 Å². The fraction of sp³-hybridized carbons (Fsp3) is 0.909. The largest absolute Gasteiger partial charge is 0.344 e. The van der Waals surface area contributed by atoms with Crippen molar-refractivity contribution in [2.75, 3.05) is 53.9 Å². The van der Waals surface area contributed by atoms with E-state index in [-0.39, 0.29) is 11.9 Å². The molecule has 5 heteroatoms. The molecule has 1 amide bonds. The van der Waals surface area contributed by atoms with Crippen molar-refractivity contribution in [2.24, 2.45) is 5.73 Å². The Balaban J connectivity index is 2.62. The molecule has 0 saturated carbocycles. The Morgan fingerprint density at radius 3 is 2.69 bits per heavy atom. The van der Waals surface area contributed by atoms with Gasteiger partial charge >= 0.3 is 0 Å². The molecule has 0 bridgehead atoms. The Labute approximate surface area is 98.2 Å². The normalized spacial score (nSPS) is 23.9. The van der Waals surface area contributed by atoms with Crippen LogP contribution in [0.15, 0.2) is 0 Å². The fourth-order valence-corrected chi connectivity index (χ4v) is 2.03. The predicted octanol–water partition coefficient (Wildman–Crippen LogP) is -0.961. The third-order valence-electron chi connectivity index (χ3n) is 3.10. The standard InChI is InChI=1S/C11H24N4O/c1-13(2)7-8-15-6-4-5-14(3)11(16)10(15)9-12/h10H,4-9,12H2,1-3H3. The fourth-order valence-electron chi connectivity index (χ4n) is 2.03. The maximum Gasteiger partial charge on any atom is 0.240 e. The molecule has 0 radical (unpaired) electrons. The van der Waals surface area contributed by atoms with E-state index in [2.05, 4.69) is 9.80 Å². The average Bonchev–Trinajstić information content (AvgIpc) is 2.37. The van der Waals surface area contributed by atoms with Crippen LogP contribution in [0, 0.1) is 0 Å². The van der Waals surface area contributed by atoms with Crippen LogP contribution in [0.25, 0.3) is 0 Å². The van der Waals surface area contributed by atoms with Crippen molar-refractivity contribution in [3.05, 3.63) is 0 Å². The first-order valence-corrected chi connectivity index (χ1v) is 5.90. The van der Waals surface area contributed by atoms with Gasteiger partial charge in [0.05, 0.1) is 0 Å². The second-order valence-electron chi connectivity index (χ2n) is 4.70. The van der Waals surface area contributed by atoms with Crippen molar-refractivity contribution in [1.82, 2.24) is 14.7 Å². The zero-order valence-corrected chi connectivity index (χ0v) is 10.6. The summed E-state index contributed by atoms with van der Waals surface area (Å²) in [4.78, 5) is 18.2. The Bertz CT molecular complexity index is 232. The van der Waals surface area contributed by atoms with Gasteiger partial charge in [0, 0.05) is 39.8 Å². The van der Waals surface area contributed by atoms with Gasteiger partial charge in [-0.2, -0.15) is 0 Å². The second kappa shape index (κ2) is 6.18. The molecular formula is C11H24N4O. The van der Waals surface area contributed by atoms with E-state index in [1.165, 1.54) is 0 Å². The summed E-state index contributed by atoms with van der Waals surface area (Å²) in [5.41, 5.74) is 5.72. The number of carbonyl (C=O) groups excluding carboxylic acids is 1. The Hall–Kier alpha value is -0.650. The average molecular weight is 228 g/mol. The number of amides is 1. The van der Waals surface area contributed by atoms with Gasteiger partial charge in [0.2, 0.25) is 5.91 Å². The lowest BCUT2D eigenvalue weighted by Crippen LogP contribution is -2.50. The summed E-state index contributed by atoms with van der Waals surface area (Å²) in [6, 6.07) is -0.132. The lowest BCUT2D eigenvalue weighted by Gasteiger charge is -2.29. The van der Waals surface area contributed by atoms with Crippen molar-refractivity contribution < 1.29 is 4.79 Å². The molecule has 16 heavy (non-hydrogen) atoms. The predicted molar refractivity (Wildman–Crippen MR) is 65.2 cm³/mol. The molecule has 0 aromatic carbocycles. The number of rotatable bonds is 4. The van der Waals surface area contributed by atoms with Crippen LogP contribution in [-0.4, -0.2) is 80.5 Å². The molecule has 1 atom stereocenters. The Morgan fingerprint density at radius 1 is 1.44 bits per heavy atom. The minimum Gasteiger partial charge on any atom is -0.344 e. The SMILES string of the molecule is CN(C)CCN1CCCN(C)C(=O)C1CN. The van der Waals surface area contributed by atoms with Crippen molar-refractivity contribution >= 4 is 5.91 Å². The summed E-state index contributed by atoms with van der Waals surface area (Å²) >= 11 is 0. The van der Waals surface area contributed by atoms with Gasteiger partial charge in [-0.05, 0) is 20.5 Å². The summed E-state index contributed by atoms with van der Waals surface area (Å²) in [6.07, 6.45) is 1.03. The molecule has 1 aliphatic heterocycles. The van der Waals surface area contributed by atoms with Gasteiger partial charge in [-0.3, -0.25) is 9.69 Å². The highest BCUT2D eigenvalue weighted by atomic mass is 16.2. The Morgan fingerprint density at radius 2 is 2.12 bits per heavy atom. The highest BCUT2D eigenvalue weighted by molar-refractivity contribution is 5.82. The topological polar surface area (TPSA) is 52.8 Å². The number of likely N-dealkylation sites (N-methyl/N-ethyl adjacent to an activating group) is 2. The highest BCUT2D eigenvalue weighted by Gasteiger charge is 2.29. The number of hydrogen-bond donors (Lipinski definition) is 1. The minimum atomic E-state index is -0.132. The molecule has 1 saturated heterocycles. The van der Waals surface area contributed by atoms with Crippen LogP contribution >= 0.6 is 0 Å². The lowest BCUT2D eigenvalue weighted by atomic mass is 10.2. The van der Waals surface area contributed by atoms with Gasteiger partial charge in [0.25, 0.3) is 0 Å². The molecule has 1 rings (SSSR count). The molecule has 1 unspecified atom stereocenters. The maximum absolute atomic E-state index is 12.0. The summed E-state index contributed by atoms with van der Waals surface area (Å²) < 4.78 is 0. The third kappa shape index (κ3) is 3.43. The molecule has 0 aromatic heterocycles. The molecule has 0 spiro atoms. The molecule has 1 heterocycles. The van der Waals surface area contributed by atoms with Crippen LogP contribution in [-0.2, 0) is 4.79 Å². The quantitative estimate of drug-likeness (QED) is 0.673. The van der Waals surface area contributed by atoms with Crippen molar-refractivity contribution in [1.29, 1.82) is 0 Å². The van der Waals surface area contributed by atoms with Gasteiger partial charge in [-0.15, -0.1) is 0 Å². The Kier molecular flexibility index (Phi) is 5.18. The van der Waals surface area contributed by atoms with Crippen LogP contribution in [0.3, 0.4) is 0 Å². The van der Waals surface area contributed by atoms with Gasteiger partial charge in [0.15, 0.2) is 0 Å². The summed E-state index contributed by atoms with van der Waals surface area (Å²) in [7, 11) is 5.95. The smallest absolute Gasteiger partial charge is 0.240 e.